The molecule has 1 aromatic carbocycles. The second-order valence-electron chi connectivity index (χ2n) is 6.02. The molecule has 6 nitrogen and oxygen atoms in total. The van der Waals surface area contributed by atoms with Crippen LogP contribution in [0.25, 0.3) is 21.3 Å². The highest BCUT2D eigenvalue weighted by molar-refractivity contribution is 7.19. The van der Waals surface area contributed by atoms with Crippen LogP contribution >= 0.6 is 11.3 Å². The SMILES string of the molecule is CCOc1ccc(-c2c(C)sc3nc(C)nc(N(C)CC(=O)O)c23)cc1. The number of nitrogens with zero attached hydrogens (tertiary/aromatic N) is 3. The van der Waals surface area contributed by atoms with E-state index in [9.17, 15) is 4.79 Å². The Kier molecular flexibility index (Phi) is 5.08. The summed E-state index contributed by atoms with van der Waals surface area (Å²) in [6, 6.07) is 7.91. The molecule has 0 aliphatic rings. The van der Waals surface area contributed by atoms with Gasteiger partial charge in [-0.1, -0.05) is 12.1 Å². The molecule has 0 unspecified atom stereocenters. The normalized spacial score (nSPS) is 10.9. The van der Waals surface area contributed by atoms with E-state index in [0.29, 0.717) is 18.2 Å². The van der Waals surface area contributed by atoms with Crippen LogP contribution in [0.2, 0.25) is 0 Å². The summed E-state index contributed by atoms with van der Waals surface area (Å²) < 4.78 is 5.52. The number of fused-ring (bicyclic) bond motifs is 1. The lowest BCUT2D eigenvalue weighted by atomic mass is 10.0. The van der Waals surface area contributed by atoms with Gasteiger partial charge in [0.25, 0.3) is 0 Å². The van der Waals surface area contributed by atoms with E-state index in [0.717, 1.165) is 32.0 Å². The lowest BCUT2D eigenvalue weighted by molar-refractivity contribution is -0.135. The first-order valence-corrected chi connectivity index (χ1v) is 9.16. The smallest absolute Gasteiger partial charge is 0.323 e. The Morgan fingerprint density at radius 3 is 2.54 bits per heavy atom. The maximum Gasteiger partial charge on any atom is 0.323 e. The first-order valence-electron chi connectivity index (χ1n) is 8.34. The molecule has 0 amide bonds. The topological polar surface area (TPSA) is 75.6 Å². The predicted molar refractivity (Wildman–Crippen MR) is 104 cm³/mol. The summed E-state index contributed by atoms with van der Waals surface area (Å²) in [5, 5.41) is 10.1. The zero-order valence-corrected chi connectivity index (χ0v) is 16.1. The van der Waals surface area contributed by atoms with Gasteiger partial charge in [-0.3, -0.25) is 4.79 Å². The quantitative estimate of drug-likeness (QED) is 0.708. The summed E-state index contributed by atoms with van der Waals surface area (Å²) in [6.07, 6.45) is 0. The highest BCUT2D eigenvalue weighted by Gasteiger charge is 2.20. The van der Waals surface area contributed by atoms with Gasteiger partial charge in [0.1, 0.15) is 28.8 Å². The van der Waals surface area contributed by atoms with Gasteiger partial charge in [-0.2, -0.15) is 0 Å². The Morgan fingerprint density at radius 2 is 1.92 bits per heavy atom. The Bertz CT molecular complexity index is 951. The van der Waals surface area contributed by atoms with E-state index in [-0.39, 0.29) is 6.54 Å². The molecule has 7 heteroatoms. The summed E-state index contributed by atoms with van der Waals surface area (Å²) in [5.41, 5.74) is 2.08. The van der Waals surface area contributed by atoms with Crippen LogP contribution in [-0.2, 0) is 4.79 Å². The molecule has 0 atom stereocenters. The Hall–Kier alpha value is -2.67. The molecule has 2 heterocycles. The highest BCUT2D eigenvalue weighted by Crippen LogP contribution is 2.41. The van der Waals surface area contributed by atoms with Crippen molar-refractivity contribution in [3.63, 3.8) is 0 Å². The minimum absolute atomic E-state index is 0.122. The van der Waals surface area contributed by atoms with Gasteiger partial charge in [-0.25, -0.2) is 9.97 Å². The number of likely N-dealkylation sites (N-methyl/N-ethyl adjacent to an activating group) is 1. The van der Waals surface area contributed by atoms with Crippen molar-refractivity contribution in [3.05, 3.63) is 35.0 Å². The predicted octanol–water partition coefficient (Wildman–Crippen LogP) is 3.89. The third-order valence-electron chi connectivity index (χ3n) is 4.01. The molecule has 136 valence electrons. The number of aryl methyl sites for hydroxylation is 2. The third-order valence-corrected chi connectivity index (χ3v) is 5.01. The van der Waals surface area contributed by atoms with E-state index < -0.39 is 5.97 Å². The minimum Gasteiger partial charge on any atom is -0.494 e. The fourth-order valence-electron chi connectivity index (χ4n) is 2.98. The van der Waals surface area contributed by atoms with E-state index in [1.54, 1.807) is 23.3 Å². The van der Waals surface area contributed by atoms with Crippen LogP contribution in [0.1, 0.15) is 17.6 Å². The third kappa shape index (κ3) is 3.48. The highest BCUT2D eigenvalue weighted by atomic mass is 32.1. The van der Waals surface area contributed by atoms with Crippen molar-refractivity contribution < 1.29 is 14.6 Å². The number of hydrogen-bond donors (Lipinski definition) is 1. The van der Waals surface area contributed by atoms with E-state index in [2.05, 4.69) is 16.9 Å². The van der Waals surface area contributed by atoms with Gasteiger partial charge in [0.15, 0.2) is 0 Å². The van der Waals surface area contributed by atoms with Crippen LogP contribution in [0, 0.1) is 13.8 Å². The summed E-state index contributed by atoms with van der Waals surface area (Å²) >= 11 is 1.60. The second kappa shape index (κ2) is 7.29. The number of carboxylic acids is 1. The number of rotatable bonds is 6. The Labute approximate surface area is 156 Å². The van der Waals surface area contributed by atoms with E-state index in [1.807, 2.05) is 38.1 Å². The molecule has 0 spiro atoms. The second-order valence-corrected chi connectivity index (χ2v) is 7.22. The van der Waals surface area contributed by atoms with Crippen LogP contribution < -0.4 is 9.64 Å². The molecule has 2 aromatic heterocycles. The molecule has 0 aliphatic carbocycles. The molecule has 0 saturated heterocycles. The zero-order valence-electron chi connectivity index (χ0n) is 15.2. The molecular formula is C19H21N3O3S. The van der Waals surface area contributed by atoms with Gasteiger partial charge in [0, 0.05) is 17.5 Å². The molecule has 1 N–H and O–H groups in total. The molecule has 0 saturated carbocycles. The summed E-state index contributed by atoms with van der Waals surface area (Å²) in [5.74, 6) is 1.20. The first kappa shape index (κ1) is 18.1. The number of anilines is 1. The number of carboxylic acid groups (broad SMARTS) is 1. The van der Waals surface area contributed by atoms with E-state index >= 15 is 0 Å². The van der Waals surface area contributed by atoms with Crippen molar-refractivity contribution in [2.24, 2.45) is 0 Å². The summed E-state index contributed by atoms with van der Waals surface area (Å²) in [6.45, 7) is 6.33. The Balaban J connectivity index is 2.18. The van der Waals surface area contributed by atoms with Crippen molar-refractivity contribution in [2.75, 3.05) is 25.1 Å². The average Bonchev–Trinajstić information content (AvgIpc) is 2.90. The lowest BCUT2D eigenvalue weighted by Gasteiger charge is -2.18. The molecule has 0 radical (unpaired) electrons. The molecule has 26 heavy (non-hydrogen) atoms. The van der Waals surface area contributed by atoms with Gasteiger partial charge in [0.2, 0.25) is 0 Å². The van der Waals surface area contributed by atoms with E-state index in [4.69, 9.17) is 9.84 Å². The number of benzene rings is 1. The fraction of sp³-hybridized carbons (Fsp3) is 0.316. The zero-order chi connectivity index (χ0) is 18.8. The number of carbonyl (C=O) groups is 1. The maximum absolute atomic E-state index is 11.2. The number of ether oxygens (including phenoxy) is 1. The number of hydrogen-bond acceptors (Lipinski definition) is 6. The lowest BCUT2D eigenvalue weighted by Crippen LogP contribution is -2.26. The van der Waals surface area contributed by atoms with Crippen molar-refractivity contribution in [1.82, 2.24) is 9.97 Å². The molecule has 3 aromatic rings. The van der Waals surface area contributed by atoms with Crippen LogP contribution in [0.4, 0.5) is 5.82 Å². The molecule has 3 rings (SSSR count). The molecule has 0 aliphatic heterocycles. The summed E-state index contributed by atoms with van der Waals surface area (Å²) in [7, 11) is 1.74. The van der Waals surface area contributed by atoms with Crippen LogP contribution in [0.5, 0.6) is 5.75 Å². The van der Waals surface area contributed by atoms with Crippen molar-refractivity contribution in [2.45, 2.75) is 20.8 Å². The number of aliphatic carboxylic acids is 1. The minimum atomic E-state index is -0.897. The van der Waals surface area contributed by atoms with Crippen LogP contribution in [-0.4, -0.2) is 41.2 Å². The fourth-order valence-corrected chi connectivity index (χ4v) is 4.07. The largest absolute Gasteiger partial charge is 0.494 e. The van der Waals surface area contributed by atoms with Gasteiger partial charge >= 0.3 is 5.97 Å². The van der Waals surface area contributed by atoms with E-state index in [1.165, 1.54) is 0 Å². The van der Waals surface area contributed by atoms with Gasteiger partial charge < -0.3 is 14.7 Å². The first-order chi connectivity index (χ1) is 12.4. The van der Waals surface area contributed by atoms with Crippen molar-refractivity contribution in [1.29, 1.82) is 0 Å². The standard InChI is InChI=1S/C19H21N3O3S/c1-5-25-14-8-6-13(7-9-14)16-11(2)26-19-17(16)18(20-12(3)21-19)22(4)10-15(23)24/h6-9H,5,10H2,1-4H3,(H,23,24). The van der Waals surface area contributed by atoms with Crippen molar-refractivity contribution >= 4 is 33.3 Å². The molecule has 0 fully saturated rings. The number of thiophene rings is 1. The van der Waals surface area contributed by atoms with Crippen molar-refractivity contribution in [3.8, 4) is 16.9 Å². The van der Waals surface area contributed by atoms with Crippen LogP contribution in [0.3, 0.4) is 0 Å². The average molecular weight is 371 g/mol. The molecular weight excluding hydrogens is 350 g/mol. The maximum atomic E-state index is 11.2. The van der Waals surface area contributed by atoms with Gasteiger partial charge in [-0.15, -0.1) is 11.3 Å². The monoisotopic (exact) mass is 371 g/mol. The van der Waals surface area contributed by atoms with Gasteiger partial charge in [0.05, 0.1) is 12.0 Å². The number of aromatic nitrogens is 2. The molecule has 0 bridgehead atoms. The summed E-state index contributed by atoms with van der Waals surface area (Å²) in [4.78, 5) is 23.9. The van der Waals surface area contributed by atoms with Crippen LogP contribution in [0.15, 0.2) is 24.3 Å². The van der Waals surface area contributed by atoms with Gasteiger partial charge in [-0.05, 0) is 38.5 Å². The Morgan fingerprint density at radius 1 is 1.23 bits per heavy atom.